The van der Waals surface area contributed by atoms with Crippen molar-refractivity contribution < 1.29 is 17.9 Å². The van der Waals surface area contributed by atoms with Crippen LogP contribution in [0.5, 0.6) is 0 Å². The molecule has 0 unspecified atom stereocenters. The van der Waals surface area contributed by atoms with E-state index in [9.17, 15) is 23.3 Å². The number of nitrogens with one attached hydrogen (secondary N) is 1. The fourth-order valence-electron chi connectivity index (χ4n) is 3.75. The average Bonchev–Trinajstić information content (AvgIpc) is 3.24. The van der Waals surface area contributed by atoms with Crippen molar-refractivity contribution >= 4 is 21.6 Å². The molecule has 0 aliphatic carbocycles. The van der Waals surface area contributed by atoms with Crippen molar-refractivity contribution in [3.05, 3.63) is 63.7 Å². The molecule has 3 aromatic rings. The predicted molar refractivity (Wildman–Crippen MR) is 117 cm³/mol. The smallest absolute Gasteiger partial charge is 0.343 e. The zero-order valence-corrected chi connectivity index (χ0v) is 18.7. The maximum atomic E-state index is 13.0. The summed E-state index contributed by atoms with van der Waals surface area (Å²) >= 11 is 0. The van der Waals surface area contributed by atoms with Gasteiger partial charge in [0.1, 0.15) is 11.6 Å². The minimum Gasteiger partial charge on any atom is -0.462 e. The summed E-state index contributed by atoms with van der Waals surface area (Å²) < 4.78 is 33.5. The molecular weight excluding hydrogens is 448 g/mol. The van der Waals surface area contributed by atoms with Crippen LogP contribution < -0.4 is 5.56 Å². The zero-order valence-electron chi connectivity index (χ0n) is 17.9. The van der Waals surface area contributed by atoms with Gasteiger partial charge >= 0.3 is 5.97 Å². The van der Waals surface area contributed by atoms with Crippen molar-refractivity contribution in [3.8, 4) is 6.07 Å². The van der Waals surface area contributed by atoms with Crippen molar-refractivity contribution in [2.75, 3.05) is 32.8 Å². The summed E-state index contributed by atoms with van der Waals surface area (Å²) in [6.07, 6.45) is 1.38. The van der Waals surface area contributed by atoms with Gasteiger partial charge in [0, 0.05) is 45.0 Å². The molecule has 0 saturated carbocycles. The number of benzene rings is 1. The van der Waals surface area contributed by atoms with Gasteiger partial charge in [-0.1, -0.05) is 12.1 Å². The van der Waals surface area contributed by atoms with Gasteiger partial charge in [-0.15, -0.1) is 0 Å². The lowest BCUT2D eigenvalue weighted by Crippen LogP contribution is -2.48. The van der Waals surface area contributed by atoms with E-state index in [-0.39, 0.29) is 46.9 Å². The van der Waals surface area contributed by atoms with Crippen LogP contribution in [0.3, 0.4) is 0 Å². The highest BCUT2D eigenvalue weighted by molar-refractivity contribution is 7.89. The Labute approximate surface area is 189 Å². The van der Waals surface area contributed by atoms with Crippen LogP contribution in [0.25, 0.3) is 5.65 Å². The highest BCUT2D eigenvalue weighted by Gasteiger charge is 2.30. The summed E-state index contributed by atoms with van der Waals surface area (Å²) in [4.78, 5) is 31.0. The molecule has 1 aliphatic rings. The minimum absolute atomic E-state index is 0.0000392. The van der Waals surface area contributed by atoms with E-state index in [2.05, 4.69) is 10.1 Å². The third-order valence-corrected chi connectivity index (χ3v) is 7.35. The van der Waals surface area contributed by atoms with E-state index in [1.54, 1.807) is 19.1 Å². The summed E-state index contributed by atoms with van der Waals surface area (Å²) in [5.41, 5.74) is 0.575. The Morgan fingerprint density at radius 3 is 2.67 bits per heavy atom. The van der Waals surface area contributed by atoms with Crippen molar-refractivity contribution in [2.45, 2.75) is 18.4 Å². The Kier molecular flexibility index (Phi) is 6.28. The number of nitriles is 1. The van der Waals surface area contributed by atoms with Crippen molar-refractivity contribution in [1.82, 2.24) is 23.8 Å². The second kappa shape index (κ2) is 9.14. The highest BCUT2D eigenvalue weighted by atomic mass is 32.2. The Balaban J connectivity index is 1.49. The van der Waals surface area contributed by atoms with Gasteiger partial charge in [-0.3, -0.25) is 14.8 Å². The van der Waals surface area contributed by atoms with Gasteiger partial charge in [0.05, 0.1) is 22.8 Å². The summed E-state index contributed by atoms with van der Waals surface area (Å²) in [6, 6.07) is 9.44. The molecule has 4 rings (SSSR count). The van der Waals surface area contributed by atoms with Gasteiger partial charge < -0.3 is 4.74 Å². The second-order valence-electron chi connectivity index (χ2n) is 7.44. The number of ether oxygens (including phenoxy) is 1. The molecule has 0 radical (unpaired) electrons. The number of nitrogens with zero attached hydrogens (tertiary/aromatic N) is 5. The summed E-state index contributed by atoms with van der Waals surface area (Å²) in [6.45, 7) is 3.54. The Morgan fingerprint density at radius 2 is 1.97 bits per heavy atom. The van der Waals surface area contributed by atoms with Gasteiger partial charge in [-0.25, -0.2) is 22.7 Å². The largest absolute Gasteiger partial charge is 0.462 e. The van der Waals surface area contributed by atoms with Gasteiger partial charge in [-0.2, -0.15) is 9.57 Å². The fourth-order valence-corrected chi connectivity index (χ4v) is 5.31. The first-order chi connectivity index (χ1) is 15.8. The van der Waals surface area contributed by atoms with Crippen LogP contribution in [0.15, 0.2) is 46.2 Å². The fraction of sp³-hybridized carbons (Fsp3) is 0.333. The predicted octanol–water partition coefficient (Wildman–Crippen LogP) is 0.577. The lowest BCUT2D eigenvalue weighted by molar-refractivity contribution is 0.0528. The van der Waals surface area contributed by atoms with Crippen molar-refractivity contribution in [3.63, 3.8) is 0 Å². The van der Waals surface area contributed by atoms with Crippen LogP contribution in [0.2, 0.25) is 0 Å². The molecule has 0 atom stereocenters. The average molecular weight is 471 g/mol. The maximum Gasteiger partial charge on any atom is 0.343 e. The Bertz CT molecular complexity index is 1400. The van der Waals surface area contributed by atoms with Crippen LogP contribution in [-0.2, 0) is 21.3 Å². The first kappa shape index (κ1) is 22.7. The molecule has 1 fully saturated rings. The van der Waals surface area contributed by atoms with Gasteiger partial charge in [-0.05, 0) is 19.1 Å². The molecule has 172 valence electrons. The first-order valence-corrected chi connectivity index (χ1v) is 11.8. The SMILES string of the molecule is CCOC(=O)c1c[nH]n2c(=O)cc(CN3CCN(S(=O)(=O)c4ccccc4C#N)CC3)nc12. The lowest BCUT2D eigenvalue weighted by atomic mass is 10.2. The van der Waals surface area contributed by atoms with Crippen LogP contribution in [0.1, 0.15) is 28.5 Å². The monoisotopic (exact) mass is 470 g/mol. The number of carbonyl (C=O) groups is 1. The molecular formula is C21H22N6O5S. The zero-order chi connectivity index (χ0) is 23.6. The number of aromatic nitrogens is 3. The molecule has 11 nitrogen and oxygen atoms in total. The molecule has 1 saturated heterocycles. The number of hydrogen-bond acceptors (Lipinski definition) is 8. The molecule has 1 aromatic carbocycles. The van der Waals surface area contributed by atoms with Crippen molar-refractivity contribution in [2.24, 2.45) is 0 Å². The second-order valence-corrected chi connectivity index (χ2v) is 9.35. The number of fused-ring (bicyclic) bond motifs is 1. The van der Waals surface area contributed by atoms with Crippen LogP contribution in [0, 0.1) is 11.3 Å². The normalized spacial score (nSPS) is 15.4. The summed E-state index contributed by atoms with van der Waals surface area (Å²) in [7, 11) is -3.79. The third kappa shape index (κ3) is 4.38. The summed E-state index contributed by atoms with van der Waals surface area (Å²) in [5.74, 6) is -0.572. The standard InChI is InChI=1S/C21H22N6O5S/c1-2-32-21(29)17-13-23-27-19(28)11-16(24-20(17)27)14-25-7-9-26(10-8-25)33(30,31)18-6-4-3-5-15(18)12-22/h3-6,11,13,23H,2,7-10,14H2,1H3. The number of H-pyrrole nitrogens is 1. The number of rotatable bonds is 6. The molecule has 3 heterocycles. The van der Waals surface area contributed by atoms with Crippen LogP contribution in [0.4, 0.5) is 0 Å². The topological polar surface area (TPSA) is 141 Å². The molecule has 0 amide bonds. The third-order valence-electron chi connectivity index (χ3n) is 5.39. The Hall–Kier alpha value is -3.53. The molecule has 0 bridgehead atoms. The van der Waals surface area contributed by atoms with Gasteiger partial charge in [0.2, 0.25) is 10.0 Å². The van der Waals surface area contributed by atoms with E-state index in [1.165, 1.54) is 33.2 Å². The first-order valence-electron chi connectivity index (χ1n) is 10.3. The van der Waals surface area contributed by atoms with E-state index in [4.69, 9.17) is 4.74 Å². The summed E-state index contributed by atoms with van der Waals surface area (Å²) in [5, 5.41) is 12.0. The molecule has 1 N–H and O–H groups in total. The number of sulfonamides is 1. The van der Waals surface area contributed by atoms with Gasteiger partial charge in [0.25, 0.3) is 5.56 Å². The van der Waals surface area contributed by atoms with E-state index in [0.29, 0.717) is 25.3 Å². The maximum absolute atomic E-state index is 13.0. The molecule has 2 aromatic heterocycles. The molecule has 33 heavy (non-hydrogen) atoms. The number of hydrogen-bond donors (Lipinski definition) is 1. The van der Waals surface area contributed by atoms with Crippen LogP contribution >= 0.6 is 0 Å². The number of esters is 1. The quantitative estimate of drug-likeness (QED) is 0.516. The molecule has 1 aliphatic heterocycles. The van der Waals surface area contributed by atoms with Crippen LogP contribution in [-0.4, -0.2) is 71.0 Å². The Morgan fingerprint density at radius 1 is 1.24 bits per heavy atom. The number of carbonyl (C=O) groups excluding carboxylic acids is 1. The lowest BCUT2D eigenvalue weighted by Gasteiger charge is -2.33. The number of aromatic amines is 1. The highest BCUT2D eigenvalue weighted by Crippen LogP contribution is 2.21. The molecule has 0 spiro atoms. The molecule has 12 heteroatoms. The van der Waals surface area contributed by atoms with E-state index < -0.39 is 16.0 Å². The minimum atomic E-state index is -3.79. The number of piperazine rings is 1. The van der Waals surface area contributed by atoms with E-state index >= 15 is 0 Å². The van der Waals surface area contributed by atoms with E-state index in [1.807, 2.05) is 11.0 Å². The van der Waals surface area contributed by atoms with Gasteiger partial charge in [0.15, 0.2) is 5.65 Å². The van der Waals surface area contributed by atoms with E-state index in [0.717, 1.165) is 0 Å². The van der Waals surface area contributed by atoms with Crippen molar-refractivity contribution in [1.29, 1.82) is 5.26 Å².